The van der Waals surface area contributed by atoms with Crippen LogP contribution in [0, 0.1) is 0 Å². The van der Waals surface area contributed by atoms with E-state index in [2.05, 4.69) is 0 Å². The summed E-state index contributed by atoms with van der Waals surface area (Å²) in [5.41, 5.74) is 1.15. The quantitative estimate of drug-likeness (QED) is 0.300. The van der Waals surface area contributed by atoms with Crippen molar-refractivity contribution in [1.82, 2.24) is 0 Å². The second-order valence-electron chi connectivity index (χ2n) is 5.92. The normalized spacial score (nSPS) is 12.2. The molecule has 0 heterocycles. The molecule has 1 unspecified atom stereocenters. The van der Waals surface area contributed by atoms with Crippen LogP contribution in [0.5, 0.6) is 17.2 Å². The minimum Gasteiger partial charge on any atom is -0.508 e. The lowest BCUT2D eigenvalue weighted by Gasteiger charge is -2.10. The largest absolute Gasteiger partial charge is 0.508 e. The third-order valence-corrected chi connectivity index (χ3v) is 3.55. The zero-order valence-electron chi connectivity index (χ0n) is 15.3. The Morgan fingerprint density at radius 3 is 1.86 bits per heavy atom. The number of carbonyl (C=O) groups is 2. The van der Waals surface area contributed by atoms with E-state index in [9.17, 15) is 30.0 Å². The Labute approximate surface area is 166 Å². The van der Waals surface area contributed by atoms with Gasteiger partial charge in [-0.1, -0.05) is 18.2 Å². The van der Waals surface area contributed by atoms with Crippen molar-refractivity contribution in [2.24, 2.45) is 0 Å². The fourth-order valence-corrected chi connectivity index (χ4v) is 2.06. The van der Waals surface area contributed by atoms with Crippen molar-refractivity contribution < 1.29 is 39.5 Å². The van der Waals surface area contributed by atoms with Gasteiger partial charge in [0.25, 0.3) is 0 Å². The van der Waals surface area contributed by atoms with E-state index in [4.69, 9.17) is 9.47 Å². The highest BCUT2D eigenvalue weighted by Gasteiger charge is 2.10. The predicted octanol–water partition coefficient (Wildman–Crippen LogP) is 1.98. The first-order valence-corrected chi connectivity index (χ1v) is 8.52. The van der Waals surface area contributed by atoms with Crippen molar-refractivity contribution in [3.63, 3.8) is 0 Å². The van der Waals surface area contributed by atoms with E-state index >= 15 is 0 Å². The maximum atomic E-state index is 11.6. The Bertz CT molecular complexity index is 899. The molecule has 8 heteroatoms. The van der Waals surface area contributed by atoms with Crippen LogP contribution in [0.2, 0.25) is 0 Å². The third kappa shape index (κ3) is 7.77. The Morgan fingerprint density at radius 1 is 0.793 bits per heavy atom. The van der Waals surface area contributed by atoms with E-state index in [0.717, 1.165) is 6.08 Å². The number of rotatable bonds is 8. The van der Waals surface area contributed by atoms with Crippen molar-refractivity contribution in [1.29, 1.82) is 0 Å². The van der Waals surface area contributed by atoms with Crippen LogP contribution in [0.1, 0.15) is 11.1 Å². The van der Waals surface area contributed by atoms with E-state index < -0.39 is 18.0 Å². The Kier molecular flexibility index (Phi) is 7.81. The van der Waals surface area contributed by atoms with Gasteiger partial charge in [0.1, 0.15) is 25.1 Å². The minimum absolute atomic E-state index is 0.110. The van der Waals surface area contributed by atoms with Gasteiger partial charge in [0.15, 0.2) is 11.5 Å². The molecule has 0 spiro atoms. The van der Waals surface area contributed by atoms with Crippen LogP contribution in [0.25, 0.3) is 12.2 Å². The molecule has 2 aromatic carbocycles. The van der Waals surface area contributed by atoms with Gasteiger partial charge in [-0.05, 0) is 47.5 Å². The molecule has 0 saturated heterocycles. The molecule has 0 aliphatic rings. The molecule has 0 aliphatic carbocycles. The molecule has 2 aromatic rings. The lowest BCUT2D eigenvalue weighted by Crippen LogP contribution is -2.24. The van der Waals surface area contributed by atoms with E-state index in [0.29, 0.717) is 11.1 Å². The highest BCUT2D eigenvalue weighted by atomic mass is 16.6. The first kappa shape index (κ1) is 21.5. The molecule has 0 aliphatic heterocycles. The van der Waals surface area contributed by atoms with Gasteiger partial charge in [-0.2, -0.15) is 0 Å². The number of ether oxygens (including phenoxy) is 2. The van der Waals surface area contributed by atoms with Crippen LogP contribution in [0.3, 0.4) is 0 Å². The molecule has 1 atom stereocenters. The molecule has 152 valence electrons. The SMILES string of the molecule is O=C(C=Cc1ccc(O)cc1)OCC(O)COC(=O)/C=C/c1ccc(O)c(O)c1. The average Bonchev–Trinajstić information content (AvgIpc) is 2.71. The highest BCUT2D eigenvalue weighted by molar-refractivity contribution is 5.87. The van der Waals surface area contributed by atoms with Gasteiger partial charge in [0, 0.05) is 12.2 Å². The molecule has 0 bridgehead atoms. The number of benzene rings is 2. The zero-order chi connectivity index (χ0) is 21.2. The monoisotopic (exact) mass is 400 g/mol. The van der Waals surface area contributed by atoms with Crippen molar-refractivity contribution in [2.75, 3.05) is 13.2 Å². The molecule has 0 aromatic heterocycles. The molecule has 0 radical (unpaired) electrons. The summed E-state index contributed by atoms with van der Waals surface area (Å²) in [6.07, 6.45) is 3.91. The summed E-state index contributed by atoms with van der Waals surface area (Å²) in [6, 6.07) is 10.2. The van der Waals surface area contributed by atoms with Crippen LogP contribution in [0.4, 0.5) is 0 Å². The topological polar surface area (TPSA) is 134 Å². The molecule has 0 amide bonds. The van der Waals surface area contributed by atoms with Crippen LogP contribution >= 0.6 is 0 Å². The fraction of sp³-hybridized carbons (Fsp3) is 0.143. The van der Waals surface area contributed by atoms with Crippen molar-refractivity contribution in [3.05, 3.63) is 65.7 Å². The second-order valence-corrected chi connectivity index (χ2v) is 5.92. The number of aromatic hydroxyl groups is 3. The Hall–Kier alpha value is -3.78. The number of phenols is 3. The molecule has 8 nitrogen and oxygen atoms in total. The molecule has 0 fully saturated rings. The number of hydrogen-bond donors (Lipinski definition) is 4. The van der Waals surface area contributed by atoms with E-state index in [1.165, 1.54) is 48.6 Å². The summed E-state index contributed by atoms with van der Waals surface area (Å²) in [5, 5.41) is 37.5. The number of aliphatic hydroxyl groups is 1. The Morgan fingerprint density at radius 2 is 1.31 bits per heavy atom. The molecule has 29 heavy (non-hydrogen) atoms. The standard InChI is InChI=1S/C21H20O8/c22-16-6-1-14(2-7-16)4-9-20(26)28-12-17(23)13-29-21(27)10-5-15-3-8-18(24)19(25)11-15/h1-11,17,22-25H,12-13H2/b9-4?,10-5+. The van der Waals surface area contributed by atoms with Gasteiger partial charge in [-0.15, -0.1) is 0 Å². The highest BCUT2D eigenvalue weighted by Crippen LogP contribution is 2.25. The average molecular weight is 400 g/mol. The lowest BCUT2D eigenvalue weighted by atomic mass is 10.2. The summed E-state index contributed by atoms with van der Waals surface area (Å²) < 4.78 is 9.68. The lowest BCUT2D eigenvalue weighted by molar-refractivity contribution is -0.146. The van der Waals surface area contributed by atoms with Gasteiger partial charge < -0.3 is 29.9 Å². The maximum Gasteiger partial charge on any atom is 0.330 e. The number of esters is 2. The van der Waals surface area contributed by atoms with Gasteiger partial charge in [-0.25, -0.2) is 9.59 Å². The van der Waals surface area contributed by atoms with Crippen LogP contribution in [-0.4, -0.2) is 51.7 Å². The van der Waals surface area contributed by atoms with Gasteiger partial charge in [0.05, 0.1) is 0 Å². The molecule has 2 rings (SSSR count). The van der Waals surface area contributed by atoms with Crippen molar-refractivity contribution >= 4 is 24.1 Å². The minimum atomic E-state index is -1.20. The van der Waals surface area contributed by atoms with Gasteiger partial charge in [-0.3, -0.25) is 0 Å². The van der Waals surface area contributed by atoms with Gasteiger partial charge >= 0.3 is 11.9 Å². The summed E-state index contributed by atoms with van der Waals surface area (Å²) in [4.78, 5) is 23.2. The van der Waals surface area contributed by atoms with Crippen LogP contribution < -0.4 is 0 Å². The van der Waals surface area contributed by atoms with Crippen LogP contribution in [0.15, 0.2) is 54.6 Å². The molecule has 0 saturated carbocycles. The summed E-state index contributed by atoms with van der Waals surface area (Å²) in [7, 11) is 0. The second kappa shape index (κ2) is 10.5. The third-order valence-electron chi connectivity index (χ3n) is 3.55. The predicted molar refractivity (Wildman–Crippen MR) is 104 cm³/mol. The van der Waals surface area contributed by atoms with Crippen LogP contribution in [-0.2, 0) is 19.1 Å². The van der Waals surface area contributed by atoms with Gasteiger partial charge in [0.2, 0.25) is 0 Å². The zero-order valence-corrected chi connectivity index (χ0v) is 15.3. The summed E-state index contributed by atoms with van der Waals surface area (Å²) >= 11 is 0. The number of aliphatic hydroxyl groups excluding tert-OH is 1. The van der Waals surface area contributed by atoms with E-state index in [-0.39, 0.29) is 30.5 Å². The molecular weight excluding hydrogens is 380 g/mol. The van der Waals surface area contributed by atoms with E-state index in [1.807, 2.05) is 0 Å². The summed E-state index contributed by atoms with van der Waals surface area (Å²) in [6.45, 7) is -0.736. The van der Waals surface area contributed by atoms with Crippen molar-refractivity contribution in [2.45, 2.75) is 6.10 Å². The Balaban J connectivity index is 1.70. The number of phenolic OH excluding ortho intramolecular Hbond substituents is 3. The first-order chi connectivity index (χ1) is 13.8. The molecular formula is C21H20O8. The maximum absolute atomic E-state index is 11.6. The molecule has 4 N–H and O–H groups in total. The summed E-state index contributed by atoms with van der Waals surface area (Å²) in [5.74, 6) is -1.92. The smallest absolute Gasteiger partial charge is 0.330 e. The fourth-order valence-electron chi connectivity index (χ4n) is 2.06. The van der Waals surface area contributed by atoms with Crippen molar-refractivity contribution in [3.8, 4) is 17.2 Å². The number of hydrogen-bond acceptors (Lipinski definition) is 8. The van der Waals surface area contributed by atoms with E-state index in [1.54, 1.807) is 12.1 Å². The number of carbonyl (C=O) groups excluding carboxylic acids is 2. The first-order valence-electron chi connectivity index (χ1n) is 8.52.